The fraction of sp³-hybridized carbons (Fsp3) is 0.944. The van der Waals surface area contributed by atoms with E-state index in [-0.39, 0.29) is 51.3 Å². The zero-order valence-corrected chi connectivity index (χ0v) is 27.9. The van der Waals surface area contributed by atoms with Gasteiger partial charge in [0.05, 0.1) is 18.8 Å². The van der Waals surface area contributed by atoms with Gasteiger partial charge in [-0.15, -0.1) is 0 Å². The van der Waals surface area contributed by atoms with Crippen molar-refractivity contribution in [2.75, 3.05) is 6.61 Å². The molecule has 8 rings (SSSR count). The Kier molecular flexibility index (Phi) is 6.71. The summed E-state index contributed by atoms with van der Waals surface area (Å²) in [6.45, 7) is 17.5. The minimum absolute atomic E-state index is 0.0486. The van der Waals surface area contributed by atoms with Crippen LogP contribution in [0.2, 0.25) is 0 Å². The van der Waals surface area contributed by atoms with Crippen LogP contribution in [0.4, 0.5) is 0 Å². The quantitative estimate of drug-likeness (QED) is 0.234. The predicted molar refractivity (Wildman–Crippen MR) is 163 cm³/mol. The number of fused-ring (bicyclic) bond motifs is 4. The van der Waals surface area contributed by atoms with Crippen molar-refractivity contribution in [3.05, 3.63) is 12.2 Å². The summed E-state index contributed by atoms with van der Waals surface area (Å²) in [4.78, 5) is 0. The maximum atomic E-state index is 12.6. The highest BCUT2D eigenvalue weighted by molar-refractivity contribution is 5.34. The number of hydrogen-bond acceptors (Lipinski definition) is 9. The van der Waals surface area contributed by atoms with Crippen molar-refractivity contribution in [2.45, 2.75) is 154 Å². The molecular formula is C36H56O9. The Morgan fingerprint density at radius 3 is 2.27 bits per heavy atom. The van der Waals surface area contributed by atoms with Gasteiger partial charge in [0.1, 0.15) is 36.6 Å². The molecule has 9 nitrogen and oxygen atoms in total. The van der Waals surface area contributed by atoms with Crippen LogP contribution in [0.3, 0.4) is 0 Å². The standard InChI is InChI=1S/C36H56O9/c1-17(2)27-19-14-18(3)28-32(6)12-13-35-16-34(35)11-10-23(43-29-26(40)25(39)24(38)20(15-37)42-29)31(4,5)21(34)8-9-22(35)33(32,7)30(41)36(28,44-19)45-27/h18-30,37-41H,1,8-16H2,2-7H3/t18-,19-,20-,21-,22+,23+,24+,25+,26-,27-,28-,29+,30-,32-,33-,34-,35+,36+/m1/s1. The third kappa shape index (κ3) is 3.51. The molecule has 5 saturated carbocycles. The van der Waals surface area contributed by atoms with E-state index in [0.29, 0.717) is 17.8 Å². The molecule has 2 bridgehead atoms. The molecule has 5 aliphatic carbocycles. The Labute approximate surface area is 267 Å². The smallest absolute Gasteiger partial charge is 0.199 e. The highest BCUT2D eigenvalue weighted by Gasteiger charge is 2.88. The van der Waals surface area contributed by atoms with Gasteiger partial charge >= 0.3 is 0 Å². The summed E-state index contributed by atoms with van der Waals surface area (Å²) in [6, 6.07) is 0. The summed E-state index contributed by atoms with van der Waals surface area (Å²) >= 11 is 0. The first-order chi connectivity index (χ1) is 21.1. The Morgan fingerprint density at radius 1 is 0.889 bits per heavy atom. The van der Waals surface area contributed by atoms with Crippen LogP contribution in [-0.4, -0.2) is 93.0 Å². The fourth-order valence-corrected chi connectivity index (χ4v) is 14.1. The van der Waals surface area contributed by atoms with Crippen molar-refractivity contribution in [2.24, 2.45) is 50.7 Å². The molecule has 3 saturated heterocycles. The van der Waals surface area contributed by atoms with Gasteiger partial charge in [0.2, 0.25) is 0 Å². The molecule has 3 spiro atoms. The molecule has 0 aromatic carbocycles. The lowest BCUT2D eigenvalue weighted by Crippen LogP contribution is -2.62. The van der Waals surface area contributed by atoms with Gasteiger partial charge in [0, 0.05) is 11.3 Å². The molecule has 0 radical (unpaired) electrons. The van der Waals surface area contributed by atoms with E-state index < -0.39 is 49.2 Å². The summed E-state index contributed by atoms with van der Waals surface area (Å²) in [6.07, 6.45) is 0.761. The van der Waals surface area contributed by atoms with Gasteiger partial charge < -0.3 is 44.5 Å². The molecule has 18 atom stereocenters. The van der Waals surface area contributed by atoms with E-state index in [9.17, 15) is 25.5 Å². The van der Waals surface area contributed by atoms with Crippen molar-refractivity contribution in [1.29, 1.82) is 0 Å². The molecule has 0 unspecified atom stereocenters. The van der Waals surface area contributed by atoms with Crippen LogP contribution < -0.4 is 0 Å². The third-order valence-electron chi connectivity index (χ3n) is 16.1. The summed E-state index contributed by atoms with van der Waals surface area (Å²) in [5.41, 5.74) is 0.649. The lowest BCUT2D eigenvalue weighted by molar-refractivity contribution is -0.326. The number of hydrogen-bond donors (Lipinski definition) is 5. The molecule has 0 amide bonds. The van der Waals surface area contributed by atoms with Crippen LogP contribution in [0.5, 0.6) is 0 Å². The van der Waals surface area contributed by atoms with Crippen molar-refractivity contribution in [1.82, 2.24) is 0 Å². The van der Waals surface area contributed by atoms with E-state index in [2.05, 4.69) is 41.2 Å². The minimum Gasteiger partial charge on any atom is -0.394 e. The molecule has 8 fully saturated rings. The van der Waals surface area contributed by atoms with Crippen molar-refractivity contribution in [3.8, 4) is 0 Å². The lowest BCUT2D eigenvalue weighted by Gasteiger charge is -2.63. The van der Waals surface area contributed by atoms with Gasteiger partial charge in [0.25, 0.3) is 0 Å². The fourth-order valence-electron chi connectivity index (χ4n) is 14.1. The Morgan fingerprint density at radius 2 is 1.58 bits per heavy atom. The molecule has 0 aromatic heterocycles. The van der Waals surface area contributed by atoms with Gasteiger partial charge in [-0.25, -0.2) is 0 Å². The van der Waals surface area contributed by atoms with Crippen molar-refractivity contribution in [3.63, 3.8) is 0 Å². The average Bonchev–Trinajstić information content (AvgIpc) is 3.50. The van der Waals surface area contributed by atoms with Gasteiger partial charge in [-0.3, -0.25) is 0 Å². The molecule has 3 aliphatic heterocycles. The summed E-state index contributed by atoms with van der Waals surface area (Å²) in [7, 11) is 0. The zero-order chi connectivity index (χ0) is 32.3. The average molecular weight is 633 g/mol. The van der Waals surface area contributed by atoms with E-state index >= 15 is 0 Å². The summed E-state index contributed by atoms with van der Waals surface area (Å²) in [5.74, 6) is 0.328. The van der Waals surface area contributed by atoms with E-state index in [1.165, 1.54) is 6.42 Å². The first-order valence-corrected chi connectivity index (χ1v) is 17.7. The Hall–Kier alpha value is -0.620. The Bertz CT molecular complexity index is 1250. The van der Waals surface area contributed by atoms with Crippen LogP contribution in [0.1, 0.15) is 92.9 Å². The molecule has 45 heavy (non-hydrogen) atoms. The second-order valence-corrected chi connectivity index (χ2v) is 17.9. The summed E-state index contributed by atoms with van der Waals surface area (Å²) < 4.78 is 26.0. The van der Waals surface area contributed by atoms with Crippen LogP contribution in [0, 0.1) is 50.7 Å². The van der Waals surface area contributed by atoms with E-state index in [0.717, 1.165) is 50.5 Å². The zero-order valence-electron chi connectivity index (χ0n) is 27.9. The van der Waals surface area contributed by atoms with Crippen LogP contribution in [-0.2, 0) is 18.9 Å². The van der Waals surface area contributed by atoms with E-state index in [1.807, 2.05) is 6.92 Å². The molecule has 8 aliphatic rings. The summed E-state index contributed by atoms with van der Waals surface area (Å²) in [5, 5.41) is 53.8. The van der Waals surface area contributed by atoms with Crippen LogP contribution in [0.25, 0.3) is 0 Å². The maximum absolute atomic E-state index is 12.6. The molecule has 9 heteroatoms. The van der Waals surface area contributed by atoms with Crippen LogP contribution in [0.15, 0.2) is 12.2 Å². The van der Waals surface area contributed by atoms with Crippen LogP contribution >= 0.6 is 0 Å². The topological polar surface area (TPSA) is 138 Å². The van der Waals surface area contributed by atoms with E-state index in [4.69, 9.17) is 18.9 Å². The highest BCUT2D eigenvalue weighted by atomic mass is 16.8. The SMILES string of the molecule is C=C(C)[C@H]1O[C@@]23O[C@@H]1C[C@@H](C)[C@@H]2[C@@]1(C)CC[C@@]24C[C@@]25CC[C@H](O[C@@H]2O[C@H](CO)[C@H](O)[C@H](O)[C@H]2O)C(C)(C)[C@H]5CC[C@H]4[C@]1(C)[C@H]3O. The number of rotatable bonds is 4. The monoisotopic (exact) mass is 632 g/mol. The first-order valence-electron chi connectivity index (χ1n) is 17.7. The molecule has 5 N–H and O–H groups in total. The molecule has 0 aromatic rings. The largest absolute Gasteiger partial charge is 0.394 e. The molecular weight excluding hydrogens is 576 g/mol. The molecule has 254 valence electrons. The Balaban J connectivity index is 1.09. The second-order valence-electron chi connectivity index (χ2n) is 17.9. The predicted octanol–water partition coefficient (Wildman–Crippen LogP) is 3.29. The maximum Gasteiger partial charge on any atom is 0.199 e. The third-order valence-corrected chi connectivity index (χ3v) is 16.1. The second kappa shape index (κ2) is 9.54. The normalized spacial score (nSPS) is 62.2. The van der Waals surface area contributed by atoms with Gasteiger partial charge in [-0.2, -0.15) is 0 Å². The van der Waals surface area contributed by atoms with E-state index in [1.54, 1.807) is 0 Å². The first kappa shape index (κ1) is 31.6. The van der Waals surface area contributed by atoms with Gasteiger partial charge in [0.15, 0.2) is 12.1 Å². The number of ether oxygens (including phenoxy) is 4. The van der Waals surface area contributed by atoms with Gasteiger partial charge in [-0.05, 0) is 103 Å². The highest BCUT2D eigenvalue weighted by Crippen LogP contribution is 2.90. The lowest BCUT2D eigenvalue weighted by atomic mass is 9.41. The minimum atomic E-state index is -1.45. The number of aliphatic hydroxyl groups excluding tert-OH is 5. The van der Waals surface area contributed by atoms with Gasteiger partial charge in [-0.1, -0.05) is 41.2 Å². The van der Waals surface area contributed by atoms with Crippen molar-refractivity contribution >= 4 is 0 Å². The van der Waals surface area contributed by atoms with Crippen molar-refractivity contribution < 1.29 is 44.5 Å². The number of aliphatic hydroxyl groups is 5. The molecule has 3 heterocycles.